The van der Waals surface area contributed by atoms with Gasteiger partial charge >= 0.3 is 5.97 Å². The molecule has 31 heavy (non-hydrogen) atoms. The number of esters is 1. The molecule has 7 nitrogen and oxygen atoms in total. The van der Waals surface area contributed by atoms with Crippen LogP contribution in [-0.2, 0) is 16.0 Å². The summed E-state index contributed by atoms with van der Waals surface area (Å²) in [7, 11) is 0. The van der Waals surface area contributed by atoms with E-state index in [1.54, 1.807) is 36.1 Å². The molecule has 1 aliphatic heterocycles. The topological polar surface area (TPSA) is 81.5 Å². The van der Waals surface area contributed by atoms with Crippen LogP contribution >= 0.6 is 0 Å². The maximum Gasteiger partial charge on any atom is 0.360 e. The zero-order valence-electron chi connectivity index (χ0n) is 18.0. The molecule has 1 aliphatic rings. The lowest BCUT2D eigenvalue weighted by Gasteiger charge is -2.26. The highest BCUT2D eigenvalue weighted by Gasteiger charge is 2.35. The first-order chi connectivity index (χ1) is 14.8. The van der Waals surface area contributed by atoms with Crippen molar-refractivity contribution in [1.82, 2.24) is 9.78 Å². The molecule has 0 fully saturated rings. The SMILES string of the molecule is CC(C)n1nc(C(=O)O[C@@H](C)C(=O)N2c3ccccc3C[C@H]2C)c2ccccc2c1=O. The fraction of sp³-hybridized carbons (Fsp3) is 0.333. The Bertz CT molecular complexity index is 1230. The van der Waals surface area contributed by atoms with Crippen LogP contribution in [0.4, 0.5) is 5.69 Å². The van der Waals surface area contributed by atoms with E-state index in [1.807, 2.05) is 45.0 Å². The van der Waals surface area contributed by atoms with Gasteiger partial charge in [-0.2, -0.15) is 5.10 Å². The summed E-state index contributed by atoms with van der Waals surface area (Å²) in [5, 5.41) is 5.06. The minimum atomic E-state index is -0.999. The second-order valence-electron chi connectivity index (χ2n) is 8.18. The summed E-state index contributed by atoms with van der Waals surface area (Å²) in [6.45, 7) is 7.17. The van der Waals surface area contributed by atoms with E-state index in [9.17, 15) is 14.4 Å². The molecule has 0 bridgehead atoms. The summed E-state index contributed by atoms with van der Waals surface area (Å²) in [6, 6.07) is 14.3. The van der Waals surface area contributed by atoms with Crippen molar-refractivity contribution in [3.05, 3.63) is 70.1 Å². The first-order valence-electron chi connectivity index (χ1n) is 10.4. The number of hydrogen-bond acceptors (Lipinski definition) is 5. The maximum atomic E-state index is 13.2. The average Bonchev–Trinajstić information content (AvgIpc) is 3.08. The molecule has 2 heterocycles. The molecule has 0 saturated heterocycles. The molecule has 1 aromatic heterocycles. The Hall–Kier alpha value is -3.48. The Morgan fingerprint density at radius 1 is 1.03 bits per heavy atom. The van der Waals surface area contributed by atoms with Gasteiger partial charge in [0.05, 0.1) is 11.4 Å². The number of nitrogens with zero attached hydrogens (tertiary/aromatic N) is 3. The van der Waals surface area contributed by atoms with E-state index in [0.29, 0.717) is 10.8 Å². The number of amides is 1. The number of fused-ring (bicyclic) bond motifs is 2. The summed E-state index contributed by atoms with van der Waals surface area (Å²) >= 11 is 0. The lowest BCUT2D eigenvalue weighted by atomic mass is 10.1. The fourth-order valence-electron chi connectivity index (χ4n) is 4.07. The van der Waals surface area contributed by atoms with E-state index in [4.69, 9.17) is 4.74 Å². The quantitative estimate of drug-likeness (QED) is 0.605. The summed E-state index contributed by atoms with van der Waals surface area (Å²) in [4.78, 5) is 40.6. The van der Waals surface area contributed by atoms with E-state index < -0.39 is 12.1 Å². The summed E-state index contributed by atoms with van der Waals surface area (Å²) < 4.78 is 6.82. The Balaban J connectivity index is 1.64. The van der Waals surface area contributed by atoms with Gasteiger partial charge in [-0.05, 0) is 51.8 Å². The van der Waals surface area contributed by atoms with Gasteiger partial charge in [0.15, 0.2) is 11.8 Å². The van der Waals surface area contributed by atoms with Gasteiger partial charge in [0.1, 0.15) is 0 Å². The standard InChI is InChI=1S/C24H25N3O4/c1-14(2)27-23(29)19-11-7-6-10-18(19)21(25-27)24(30)31-16(4)22(28)26-15(3)13-17-9-5-8-12-20(17)26/h5-12,14-16H,13H2,1-4H3/t15-,16+/m1/s1. The first kappa shape index (κ1) is 20.8. The number of carbonyl (C=O) groups is 2. The van der Waals surface area contributed by atoms with Crippen LogP contribution in [0.2, 0.25) is 0 Å². The van der Waals surface area contributed by atoms with Gasteiger partial charge in [0.25, 0.3) is 11.5 Å². The van der Waals surface area contributed by atoms with E-state index in [0.717, 1.165) is 17.7 Å². The lowest BCUT2D eigenvalue weighted by Crippen LogP contribution is -2.43. The smallest absolute Gasteiger partial charge is 0.360 e. The molecule has 2 aromatic carbocycles. The van der Waals surface area contributed by atoms with Crippen molar-refractivity contribution in [1.29, 1.82) is 0 Å². The number of benzene rings is 2. The number of anilines is 1. The van der Waals surface area contributed by atoms with Gasteiger partial charge in [-0.3, -0.25) is 9.59 Å². The minimum absolute atomic E-state index is 0.0205. The molecule has 1 amide bonds. The maximum absolute atomic E-state index is 13.2. The molecule has 0 aliphatic carbocycles. The highest BCUT2D eigenvalue weighted by atomic mass is 16.5. The third-order valence-electron chi connectivity index (χ3n) is 5.59. The van der Waals surface area contributed by atoms with Crippen LogP contribution in [0.5, 0.6) is 0 Å². The Kier molecular flexibility index (Phi) is 5.35. The van der Waals surface area contributed by atoms with Crippen molar-refractivity contribution < 1.29 is 14.3 Å². The summed E-state index contributed by atoms with van der Waals surface area (Å²) in [5.41, 5.74) is 1.70. The first-order valence-corrected chi connectivity index (χ1v) is 10.4. The molecule has 4 rings (SSSR count). The van der Waals surface area contributed by atoms with Gasteiger partial charge in [0, 0.05) is 17.1 Å². The molecule has 0 N–H and O–H groups in total. The molecule has 0 unspecified atom stereocenters. The normalized spacial score (nSPS) is 16.4. The molecule has 0 saturated carbocycles. The van der Waals surface area contributed by atoms with Crippen LogP contribution in [0.1, 0.15) is 49.8 Å². The molecule has 160 valence electrons. The van der Waals surface area contributed by atoms with Gasteiger partial charge < -0.3 is 9.64 Å². The van der Waals surface area contributed by atoms with Crippen LogP contribution < -0.4 is 10.5 Å². The predicted octanol–water partition coefficient (Wildman–Crippen LogP) is 3.50. The second kappa shape index (κ2) is 7.98. The molecule has 2 atom stereocenters. The molecule has 0 radical (unpaired) electrons. The third kappa shape index (κ3) is 3.60. The van der Waals surface area contributed by atoms with Crippen LogP contribution in [-0.4, -0.2) is 33.8 Å². The zero-order valence-corrected chi connectivity index (χ0v) is 18.0. The monoisotopic (exact) mass is 419 g/mol. The predicted molar refractivity (Wildman–Crippen MR) is 118 cm³/mol. The summed E-state index contributed by atoms with van der Waals surface area (Å²) in [5.74, 6) is -1.01. The average molecular weight is 419 g/mol. The van der Waals surface area contributed by atoms with Crippen molar-refractivity contribution in [2.75, 3.05) is 4.90 Å². The van der Waals surface area contributed by atoms with E-state index in [2.05, 4.69) is 5.10 Å². The Morgan fingerprint density at radius 2 is 1.68 bits per heavy atom. The molecular formula is C24H25N3O4. The number of rotatable bonds is 4. The van der Waals surface area contributed by atoms with Crippen LogP contribution in [0, 0.1) is 0 Å². The van der Waals surface area contributed by atoms with Crippen molar-refractivity contribution in [2.45, 2.75) is 52.3 Å². The number of carbonyl (C=O) groups excluding carboxylic acids is 2. The van der Waals surface area contributed by atoms with Crippen molar-refractivity contribution >= 4 is 28.3 Å². The van der Waals surface area contributed by atoms with Crippen LogP contribution in [0.25, 0.3) is 10.8 Å². The fourth-order valence-corrected chi connectivity index (χ4v) is 4.07. The van der Waals surface area contributed by atoms with Gasteiger partial charge in [-0.15, -0.1) is 0 Å². The largest absolute Gasteiger partial charge is 0.448 e. The van der Waals surface area contributed by atoms with Gasteiger partial charge in [-0.25, -0.2) is 9.48 Å². The van der Waals surface area contributed by atoms with E-state index in [1.165, 1.54) is 4.68 Å². The van der Waals surface area contributed by atoms with E-state index >= 15 is 0 Å². The summed E-state index contributed by atoms with van der Waals surface area (Å²) in [6.07, 6.45) is -0.241. The molecular weight excluding hydrogens is 394 g/mol. The highest BCUT2D eigenvalue weighted by Crippen LogP contribution is 2.32. The number of aromatic nitrogens is 2. The second-order valence-corrected chi connectivity index (χ2v) is 8.18. The van der Waals surface area contributed by atoms with Gasteiger partial charge in [-0.1, -0.05) is 36.4 Å². The zero-order chi connectivity index (χ0) is 22.3. The Morgan fingerprint density at radius 3 is 2.39 bits per heavy atom. The van der Waals surface area contributed by atoms with Crippen molar-refractivity contribution in [3.63, 3.8) is 0 Å². The molecule has 3 aromatic rings. The lowest BCUT2D eigenvalue weighted by molar-refractivity contribution is -0.126. The van der Waals surface area contributed by atoms with Gasteiger partial charge in [0.2, 0.25) is 0 Å². The highest BCUT2D eigenvalue weighted by molar-refractivity contribution is 6.04. The number of ether oxygens (including phenoxy) is 1. The molecule has 0 spiro atoms. The number of para-hydroxylation sites is 1. The Labute approximate surface area is 180 Å². The minimum Gasteiger partial charge on any atom is -0.448 e. The van der Waals surface area contributed by atoms with Crippen LogP contribution in [0.15, 0.2) is 53.3 Å². The van der Waals surface area contributed by atoms with Crippen molar-refractivity contribution in [3.8, 4) is 0 Å². The number of hydrogen-bond donors (Lipinski definition) is 0. The van der Waals surface area contributed by atoms with E-state index in [-0.39, 0.29) is 29.2 Å². The van der Waals surface area contributed by atoms with Crippen molar-refractivity contribution in [2.24, 2.45) is 0 Å². The van der Waals surface area contributed by atoms with Crippen LogP contribution in [0.3, 0.4) is 0 Å². The third-order valence-corrected chi connectivity index (χ3v) is 5.59. The molecule has 7 heteroatoms.